The van der Waals surface area contributed by atoms with Crippen molar-refractivity contribution >= 4 is 5.69 Å². The number of aliphatic hydroxyl groups is 2. The summed E-state index contributed by atoms with van der Waals surface area (Å²) in [5.41, 5.74) is -0.196. The van der Waals surface area contributed by atoms with Gasteiger partial charge in [0.05, 0.1) is 29.9 Å². The summed E-state index contributed by atoms with van der Waals surface area (Å²) >= 11 is 0. The Morgan fingerprint density at radius 1 is 1.35 bits per heavy atom. The smallest absolute Gasteiger partial charge is 0.270 e. The van der Waals surface area contributed by atoms with Crippen molar-refractivity contribution in [3.8, 4) is 17.3 Å². The Morgan fingerprint density at radius 3 is 2.70 bits per heavy atom. The summed E-state index contributed by atoms with van der Waals surface area (Å²) in [6.45, 7) is -0.791. The first-order valence-corrected chi connectivity index (χ1v) is 6.65. The van der Waals surface area contributed by atoms with E-state index in [4.69, 9.17) is 10.4 Å². The van der Waals surface area contributed by atoms with Crippen LogP contribution in [-0.4, -0.2) is 32.4 Å². The Morgan fingerprint density at radius 2 is 2.09 bits per heavy atom. The predicted molar refractivity (Wildman–Crippen MR) is 80.6 cm³/mol. The van der Waals surface area contributed by atoms with Gasteiger partial charge in [-0.2, -0.15) is 5.26 Å². The lowest BCUT2D eigenvalue weighted by Crippen LogP contribution is -2.31. The third kappa shape index (κ3) is 3.42. The van der Waals surface area contributed by atoms with Crippen molar-refractivity contribution in [3.05, 3.63) is 62.4 Å². The molecule has 0 spiro atoms. The van der Waals surface area contributed by atoms with E-state index in [2.05, 4.69) is 0 Å². The fourth-order valence-corrected chi connectivity index (χ4v) is 2.14. The van der Waals surface area contributed by atoms with Gasteiger partial charge in [-0.3, -0.25) is 14.9 Å². The van der Waals surface area contributed by atoms with Crippen LogP contribution < -0.4 is 5.56 Å². The second kappa shape index (κ2) is 6.83. The van der Waals surface area contributed by atoms with Crippen LogP contribution in [-0.2, 0) is 6.54 Å². The van der Waals surface area contributed by atoms with Gasteiger partial charge < -0.3 is 14.8 Å². The maximum Gasteiger partial charge on any atom is 0.270 e. The highest BCUT2D eigenvalue weighted by Gasteiger charge is 2.15. The SMILES string of the molecule is N#Cc1ccc(-c2cccc([N+](=O)[O-])c2)n(CC(O)CO)c1=O. The third-order valence-electron chi connectivity index (χ3n) is 3.25. The number of nitro benzene ring substituents is 1. The van der Waals surface area contributed by atoms with Crippen LogP contribution in [0.4, 0.5) is 5.69 Å². The summed E-state index contributed by atoms with van der Waals surface area (Å²) in [5, 5.41) is 38.4. The number of non-ortho nitro benzene ring substituents is 1. The zero-order chi connectivity index (χ0) is 17.0. The van der Waals surface area contributed by atoms with Crippen LogP contribution in [0.5, 0.6) is 0 Å². The highest BCUT2D eigenvalue weighted by atomic mass is 16.6. The summed E-state index contributed by atoms with van der Waals surface area (Å²) in [6.07, 6.45) is -1.20. The van der Waals surface area contributed by atoms with Crippen LogP contribution in [0.15, 0.2) is 41.2 Å². The van der Waals surface area contributed by atoms with Crippen molar-refractivity contribution in [2.45, 2.75) is 12.6 Å². The molecule has 0 fully saturated rings. The van der Waals surface area contributed by atoms with Gasteiger partial charge in [-0.15, -0.1) is 0 Å². The number of nitriles is 1. The Bertz CT molecular complexity index is 838. The van der Waals surface area contributed by atoms with E-state index in [1.165, 1.54) is 30.3 Å². The maximum absolute atomic E-state index is 12.3. The largest absolute Gasteiger partial charge is 0.394 e. The van der Waals surface area contributed by atoms with E-state index in [1.807, 2.05) is 0 Å². The standard InChI is InChI=1S/C15H13N3O5/c16-7-11-4-5-14(17(15(11)21)8-13(20)9-19)10-2-1-3-12(6-10)18(22)23/h1-6,13,19-20H,8-9H2. The number of aromatic nitrogens is 1. The van der Waals surface area contributed by atoms with E-state index in [1.54, 1.807) is 12.1 Å². The zero-order valence-corrected chi connectivity index (χ0v) is 11.9. The number of hydrogen-bond acceptors (Lipinski definition) is 6. The molecule has 1 aromatic carbocycles. The molecule has 2 N–H and O–H groups in total. The minimum absolute atomic E-state index is 0.121. The number of nitrogens with zero attached hydrogens (tertiary/aromatic N) is 3. The van der Waals surface area contributed by atoms with Crippen molar-refractivity contribution in [1.82, 2.24) is 4.57 Å². The van der Waals surface area contributed by atoms with Gasteiger partial charge in [0, 0.05) is 17.7 Å². The topological polar surface area (TPSA) is 129 Å². The van der Waals surface area contributed by atoms with Crippen molar-refractivity contribution in [2.24, 2.45) is 0 Å². The molecule has 0 aliphatic heterocycles. The maximum atomic E-state index is 12.3. The van der Waals surface area contributed by atoms with Crippen LogP contribution in [0.3, 0.4) is 0 Å². The van der Waals surface area contributed by atoms with Gasteiger partial charge in [-0.1, -0.05) is 12.1 Å². The molecule has 0 aliphatic rings. The highest BCUT2D eigenvalue weighted by Crippen LogP contribution is 2.23. The molecule has 1 aromatic heterocycles. The number of aliphatic hydroxyl groups excluding tert-OH is 2. The van der Waals surface area contributed by atoms with Crippen LogP contribution in [0.1, 0.15) is 5.56 Å². The lowest BCUT2D eigenvalue weighted by atomic mass is 10.1. The Hall–Kier alpha value is -3.02. The van der Waals surface area contributed by atoms with Crippen molar-refractivity contribution in [1.29, 1.82) is 5.26 Å². The Labute approximate surface area is 130 Å². The first-order valence-electron chi connectivity index (χ1n) is 6.65. The van der Waals surface area contributed by atoms with E-state index < -0.39 is 23.2 Å². The van der Waals surface area contributed by atoms with Gasteiger partial charge in [-0.05, 0) is 12.1 Å². The lowest BCUT2D eigenvalue weighted by Gasteiger charge is -2.16. The number of nitro groups is 1. The second-order valence-corrected chi connectivity index (χ2v) is 4.80. The molecule has 23 heavy (non-hydrogen) atoms. The van der Waals surface area contributed by atoms with E-state index >= 15 is 0 Å². The van der Waals surface area contributed by atoms with Gasteiger partial charge >= 0.3 is 0 Å². The molecular formula is C15H13N3O5. The molecule has 0 saturated heterocycles. The van der Waals surface area contributed by atoms with Crippen molar-refractivity contribution < 1.29 is 15.1 Å². The van der Waals surface area contributed by atoms with Gasteiger partial charge in [0.25, 0.3) is 11.2 Å². The molecule has 0 radical (unpaired) electrons. The van der Waals surface area contributed by atoms with Gasteiger partial charge in [0.2, 0.25) is 0 Å². The number of pyridine rings is 1. The monoisotopic (exact) mass is 315 g/mol. The molecule has 8 heteroatoms. The molecule has 0 amide bonds. The first kappa shape index (κ1) is 16.4. The Balaban J connectivity index is 2.64. The van der Waals surface area contributed by atoms with E-state index in [-0.39, 0.29) is 17.8 Å². The average Bonchev–Trinajstić information content (AvgIpc) is 2.56. The number of rotatable bonds is 5. The Kier molecular flexibility index (Phi) is 4.85. The summed E-state index contributed by atoms with van der Waals surface area (Å²) in [6, 6.07) is 10.2. The summed E-state index contributed by atoms with van der Waals surface area (Å²) in [4.78, 5) is 22.6. The molecule has 0 bridgehead atoms. The van der Waals surface area contributed by atoms with Crippen LogP contribution in [0.2, 0.25) is 0 Å². The fourth-order valence-electron chi connectivity index (χ4n) is 2.14. The van der Waals surface area contributed by atoms with Gasteiger partial charge in [0.15, 0.2) is 0 Å². The average molecular weight is 315 g/mol. The molecule has 0 aliphatic carbocycles. The minimum Gasteiger partial charge on any atom is -0.394 e. The van der Waals surface area contributed by atoms with Crippen LogP contribution in [0, 0.1) is 21.4 Å². The summed E-state index contributed by atoms with van der Waals surface area (Å²) in [5.74, 6) is 0. The van der Waals surface area contributed by atoms with Crippen molar-refractivity contribution in [3.63, 3.8) is 0 Å². The van der Waals surface area contributed by atoms with E-state index in [0.29, 0.717) is 11.3 Å². The first-order chi connectivity index (χ1) is 11.0. The lowest BCUT2D eigenvalue weighted by molar-refractivity contribution is -0.384. The fraction of sp³-hybridized carbons (Fsp3) is 0.200. The molecule has 1 atom stereocenters. The second-order valence-electron chi connectivity index (χ2n) is 4.80. The van der Waals surface area contributed by atoms with Gasteiger partial charge in [-0.25, -0.2) is 0 Å². The molecule has 1 heterocycles. The molecular weight excluding hydrogens is 302 g/mol. The molecule has 118 valence electrons. The normalized spacial score (nSPS) is 11.7. The highest BCUT2D eigenvalue weighted by molar-refractivity contribution is 5.63. The molecule has 0 saturated carbocycles. The van der Waals surface area contributed by atoms with Crippen LogP contribution >= 0.6 is 0 Å². The summed E-state index contributed by atoms with van der Waals surface area (Å²) in [7, 11) is 0. The molecule has 2 rings (SSSR count). The van der Waals surface area contributed by atoms with E-state index in [0.717, 1.165) is 4.57 Å². The quantitative estimate of drug-likeness (QED) is 0.615. The minimum atomic E-state index is -1.20. The predicted octanol–water partition coefficient (Wildman–Crippen LogP) is 0.648. The zero-order valence-electron chi connectivity index (χ0n) is 11.9. The number of hydrogen-bond donors (Lipinski definition) is 2. The van der Waals surface area contributed by atoms with Gasteiger partial charge in [0.1, 0.15) is 11.6 Å². The third-order valence-corrected chi connectivity index (χ3v) is 3.25. The van der Waals surface area contributed by atoms with Crippen LogP contribution in [0.25, 0.3) is 11.3 Å². The number of benzene rings is 1. The van der Waals surface area contributed by atoms with E-state index in [9.17, 15) is 20.0 Å². The van der Waals surface area contributed by atoms with Crippen molar-refractivity contribution in [2.75, 3.05) is 6.61 Å². The molecule has 2 aromatic rings. The summed E-state index contributed by atoms with van der Waals surface area (Å²) < 4.78 is 1.12. The molecule has 1 unspecified atom stereocenters. The molecule has 8 nitrogen and oxygen atoms in total.